The third kappa shape index (κ3) is 8.07. The summed E-state index contributed by atoms with van der Waals surface area (Å²) < 4.78 is 32.9. The zero-order chi connectivity index (χ0) is 27.7. The van der Waals surface area contributed by atoms with Crippen molar-refractivity contribution in [2.75, 3.05) is 19.0 Å². The molecule has 0 unspecified atom stereocenters. The summed E-state index contributed by atoms with van der Waals surface area (Å²) >= 11 is 10.0. The van der Waals surface area contributed by atoms with Gasteiger partial charge in [0.25, 0.3) is 0 Å². The van der Waals surface area contributed by atoms with Gasteiger partial charge in [0.05, 0.1) is 16.0 Å². The van der Waals surface area contributed by atoms with Crippen LogP contribution in [0.4, 0.5) is 18.9 Å². The van der Waals surface area contributed by atoms with Crippen molar-refractivity contribution < 1.29 is 28.2 Å². The number of hydrogen-bond acceptors (Lipinski definition) is 7. The summed E-state index contributed by atoms with van der Waals surface area (Å²) in [7, 11) is 2.06. The molecule has 4 N–H and O–H groups in total. The summed E-state index contributed by atoms with van der Waals surface area (Å²) in [6.07, 6.45) is 1.14. The highest BCUT2D eigenvalue weighted by Gasteiger charge is 2.38. The molecule has 3 aromatic heterocycles. The van der Waals surface area contributed by atoms with E-state index in [1.807, 2.05) is 17.4 Å². The number of aliphatic carboxylic acids is 1. The number of carboxylic acid groups (broad SMARTS) is 1. The Balaban J connectivity index is 0.000000505. The number of fused-ring (bicyclic) bond motifs is 1. The summed E-state index contributed by atoms with van der Waals surface area (Å²) in [5, 5.41) is 25.9. The number of aromatic nitrogens is 1. The number of nitrogens with zero attached hydrogens (tertiary/aromatic N) is 1. The topological polar surface area (TPSA) is 94.5 Å². The number of aliphatic hydroxyl groups is 1. The minimum absolute atomic E-state index is 0.164. The average molecular weight is 588 g/mol. The van der Waals surface area contributed by atoms with Gasteiger partial charge in [0.1, 0.15) is 10.7 Å². The molecule has 2 atom stereocenters. The van der Waals surface area contributed by atoms with Crippen molar-refractivity contribution >= 4 is 56.1 Å². The molecule has 38 heavy (non-hydrogen) atoms. The first-order chi connectivity index (χ1) is 18.2. The minimum Gasteiger partial charge on any atom is -0.475 e. The number of pyridine rings is 1. The molecule has 3 aromatic rings. The van der Waals surface area contributed by atoms with Crippen LogP contribution in [-0.2, 0) is 11.3 Å². The van der Waals surface area contributed by atoms with Crippen LogP contribution in [0.15, 0.2) is 23.6 Å². The van der Waals surface area contributed by atoms with E-state index in [0.717, 1.165) is 34.4 Å². The van der Waals surface area contributed by atoms with E-state index in [2.05, 4.69) is 47.0 Å². The molecule has 0 spiro atoms. The van der Waals surface area contributed by atoms with E-state index in [1.165, 1.54) is 29.0 Å². The number of carboxylic acids is 1. The van der Waals surface area contributed by atoms with Crippen LogP contribution in [0.2, 0.25) is 5.15 Å². The van der Waals surface area contributed by atoms with Gasteiger partial charge in [-0.2, -0.15) is 13.2 Å². The Labute approximate surface area is 232 Å². The Hall–Kier alpha value is -2.36. The van der Waals surface area contributed by atoms with Gasteiger partial charge in [-0.05, 0) is 37.8 Å². The fourth-order valence-corrected chi connectivity index (χ4v) is 6.50. The van der Waals surface area contributed by atoms with E-state index >= 15 is 0 Å². The molecule has 206 valence electrons. The van der Waals surface area contributed by atoms with E-state index in [4.69, 9.17) is 31.6 Å². The van der Waals surface area contributed by atoms with Gasteiger partial charge in [0, 0.05) is 47.4 Å². The van der Waals surface area contributed by atoms with Gasteiger partial charge < -0.3 is 20.8 Å². The van der Waals surface area contributed by atoms with Crippen LogP contribution >= 0.6 is 34.3 Å². The number of hydrogen-bond donors (Lipinski definition) is 4. The molecule has 0 bridgehead atoms. The first-order valence-corrected chi connectivity index (χ1v) is 14.2. The van der Waals surface area contributed by atoms with Crippen molar-refractivity contribution in [2.45, 2.75) is 63.2 Å². The van der Waals surface area contributed by atoms with Crippen molar-refractivity contribution in [3.63, 3.8) is 0 Å². The Bertz CT molecular complexity index is 1270. The number of anilines is 1. The molecule has 1 aliphatic rings. The molecule has 0 saturated heterocycles. The lowest BCUT2D eigenvalue weighted by Gasteiger charge is -2.31. The summed E-state index contributed by atoms with van der Waals surface area (Å²) in [4.78, 5) is 16.2. The lowest BCUT2D eigenvalue weighted by atomic mass is 9.82. The number of likely N-dealkylation sites (N-methyl/N-ethyl adjacent to an activating group) is 1. The highest BCUT2D eigenvalue weighted by molar-refractivity contribution is 7.20. The summed E-state index contributed by atoms with van der Waals surface area (Å²) in [5.41, 5.74) is 2.94. The molecule has 0 aliphatic heterocycles. The lowest BCUT2D eigenvalue weighted by molar-refractivity contribution is -0.192. The highest BCUT2D eigenvalue weighted by atomic mass is 35.5. The van der Waals surface area contributed by atoms with Gasteiger partial charge in [-0.1, -0.05) is 42.3 Å². The third-order valence-electron chi connectivity index (χ3n) is 6.06. The van der Waals surface area contributed by atoms with Crippen LogP contribution < -0.4 is 10.6 Å². The molecule has 1 saturated carbocycles. The molecular formula is C26H29ClF3N3O3S2. The maximum absolute atomic E-state index is 10.6. The number of alkyl halides is 3. The van der Waals surface area contributed by atoms with Gasteiger partial charge >= 0.3 is 12.1 Å². The Kier molecular flexibility index (Phi) is 11.2. The third-order valence-corrected chi connectivity index (χ3v) is 8.47. The average Bonchev–Trinajstić information content (AvgIpc) is 3.53. The lowest BCUT2D eigenvalue weighted by Crippen LogP contribution is -2.34. The fourth-order valence-electron chi connectivity index (χ4n) is 4.27. The second kappa shape index (κ2) is 14.1. The van der Waals surface area contributed by atoms with Crippen LogP contribution in [0.5, 0.6) is 0 Å². The first kappa shape index (κ1) is 30.2. The normalized spacial score (nSPS) is 17.3. The van der Waals surface area contributed by atoms with E-state index in [0.29, 0.717) is 30.0 Å². The summed E-state index contributed by atoms with van der Waals surface area (Å²) in [5.74, 6) is 4.35. The van der Waals surface area contributed by atoms with Gasteiger partial charge in [0.2, 0.25) is 0 Å². The Morgan fingerprint density at radius 1 is 1.32 bits per heavy atom. The van der Waals surface area contributed by atoms with Crippen molar-refractivity contribution in [1.29, 1.82) is 0 Å². The second-order valence-corrected chi connectivity index (χ2v) is 11.1. The summed E-state index contributed by atoms with van der Waals surface area (Å²) in [6.45, 7) is 0.928. The predicted molar refractivity (Wildman–Crippen MR) is 147 cm³/mol. The number of unbranched alkanes of at least 4 members (excludes halogenated alkanes) is 1. The number of rotatable bonds is 7. The molecule has 6 nitrogen and oxygen atoms in total. The van der Waals surface area contributed by atoms with Crippen LogP contribution in [0.3, 0.4) is 0 Å². The van der Waals surface area contributed by atoms with E-state index < -0.39 is 12.1 Å². The van der Waals surface area contributed by atoms with Crippen LogP contribution in [0.1, 0.15) is 59.8 Å². The van der Waals surface area contributed by atoms with Crippen LogP contribution in [-0.4, -0.2) is 47.0 Å². The number of thiophene rings is 2. The standard InChI is InChI=1S/C24H28ClN3OS2.C2HF3O2/c1-26-19-11-5-4-9-17(19)23-18(10-3-2-6-12-29)22-24(31-23)20(14-21(25)28-22)27-15-16-8-7-13-30-16;3-2(4,5)1(6)7/h7-8,13-14,17,19,26,29H,2,4-6,9,11-12,15H2,1H3,(H,27,28);(H,6,7)/t17-,19-;/m0./s1. The molecule has 0 amide bonds. The molecule has 1 aliphatic carbocycles. The zero-order valence-electron chi connectivity index (χ0n) is 20.7. The van der Waals surface area contributed by atoms with E-state index in [-0.39, 0.29) is 6.61 Å². The van der Waals surface area contributed by atoms with Gasteiger partial charge in [-0.25, -0.2) is 9.78 Å². The van der Waals surface area contributed by atoms with Crippen molar-refractivity contribution in [1.82, 2.24) is 10.3 Å². The van der Waals surface area contributed by atoms with Gasteiger partial charge in [-0.3, -0.25) is 0 Å². The molecule has 0 radical (unpaired) electrons. The largest absolute Gasteiger partial charge is 0.490 e. The highest BCUT2D eigenvalue weighted by Crippen LogP contribution is 2.44. The molecule has 1 fully saturated rings. The van der Waals surface area contributed by atoms with Crippen LogP contribution in [0.25, 0.3) is 10.2 Å². The number of carbonyl (C=O) groups is 1. The second-order valence-electron chi connectivity index (χ2n) is 8.66. The van der Waals surface area contributed by atoms with Gasteiger partial charge in [0.15, 0.2) is 0 Å². The summed E-state index contributed by atoms with van der Waals surface area (Å²) in [6, 6.07) is 6.59. The van der Waals surface area contributed by atoms with E-state index in [9.17, 15) is 13.2 Å². The molecule has 0 aromatic carbocycles. The molecule has 3 heterocycles. The number of aliphatic hydroxyl groups excluding tert-OH is 1. The molecule has 4 rings (SSSR count). The SMILES string of the molecule is CN[C@H]1CCCC[C@@H]1c1sc2c(NCc3cccs3)cc(Cl)nc2c1C#CCCCO.O=C(O)C(F)(F)F. The Morgan fingerprint density at radius 2 is 2.05 bits per heavy atom. The number of halogens is 4. The smallest absolute Gasteiger partial charge is 0.475 e. The van der Waals surface area contributed by atoms with Crippen LogP contribution in [0, 0.1) is 11.8 Å². The number of nitrogens with one attached hydrogen (secondary N) is 2. The molecular weight excluding hydrogens is 559 g/mol. The zero-order valence-corrected chi connectivity index (χ0v) is 23.1. The first-order valence-electron chi connectivity index (χ1n) is 12.1. The van der Waals surface area contributed by atoms with Gasteiger partial charge in [-0.15, -0.1) is 22.7 Å². The minimum atomic E-state index is -5.08. The monoisotopic (exact) mass is 587 g/mol. The molecule has 12 heteroatoms. The fraction of sp³-hybridized carbons (Fsp3) is 0.462. The van der Waals surface area contributed by atoms with E-state index in [1.54, 1.807) is 11.3 Å². The van der Waals surface area contributed by atoms with Crippen molar-refractivity contribution in [2.24, 2.45) is 0 Å². The quantitative estimate of drug-likeness (QED) is 0.141. The maximum Gasteiger partial charge on any atom is 0.490 e. The van der Waals surface area contributed by atoms with Crippen molar-refractivity contribution in [3.05, 3.63) is 44.1 Å². The van der Waals surface area contributed by atoms with Crippen molar-refractivity contribution in [3.8, 4) is 11.8 Å². The maximum atomic E-state index is 10.6. The Morgan fingerprint density at radius 3 is 2.68 bits per heavy atom. The predicted octanol–water partition coefficient (Wildman–Crippen LogP) is 6.63.